The highest BCUT2D eigenvalue weighted by Gasteiger charge is 2.29. The predicted molar refractivity (Wildman–Crippen MR) is 116 cm³/mol. The van der Waals surface area contributed by atoms with Crippen molar-refractivity contribution in [3.05, 3.63) is 76.0 Å². The maximum Gasteiger partial charge on any atom is 0.327 e. The van der Waals surface area contributed by atoms with E-state index in [1.807, 2.05) is 48.7 Å². The first-order valence-electron chi connectivity index (χ1n) is 10.4. The highest BCUT2D eigenvalue weighted by atomic mass is 16.5. The number of aryl methyl sites for hydroxylation is 2. The summed E-state index contributed by atoms with van der Waals surface area (Å²) in [4.78, 5) is 16.2. The molecule has 1 aliphatic heterocycles. The van der Waals surface area contributed by atoms with E-state index in [1.165, 1.54) is 0 Å². The number of aromatic nitrogens is 3. The minimum absolute atomic E-state index is 0.0451. The molecule has 5 rings (SSSR count). The van der Waals surface area contributed by atoms with Gasteiger partial charge in [-0.2, -0.15) is 0 Å². The lowest BCUT2D eigenvalue weighted by Crippen LogP contribution is -2.32. The Labute approximate surface area is 174 Å². The quantitative estimate of drug-likeness (QED) is 0.540. The summed E-state index contributed by atoms with van der Waals surface area (Å²) >= 11 is 0. The Morgan fingerprint density at radius 2 is 1.87 bits per heavy atom. The average molecular weight is 403 g/mol. The molecule has 1 aliphatic rings. The lowest BCUT2D eigenvalue weighted by Gasteiger charge is -2.31. The van der Waals surface area contributed by atoms with E-state index < -0.39 is 0 Å². The summed E-state index contributed by atoms with van der Waals surface area (Å²) in [5.41, 5.74) is 5.64. The van der Waals surface area contributed by atoms with Crippen LogP contribution in [0.3, 0.4) is 0 Å². The van der Waals surface area contributed by atoms with Gasteiger partial charge in [0, 0.05) is 18.8 Å². The normalized spacial score (nSPS) is 16.2. The molecule has 0 unspecified atom stereocenters. The van der Waals surface area contributed by atoms with Crippen LogP contribution >= 0.6 is 0 Å². The molecular formula is C24H25N3O3. The van der Waals surface area contributed by atoms with Gasteiger partial charge in [0.2, 0.25) is 0 Å². The number of hydrogen-bond acceptors (Lipinski definition) is 4. The molecule has 30 heavy (non-hydrogen) atoms. The highest BCUT2D eigenvalue weighted by Crippen LogP contribution is 2.36. The van der Waals surface area contributed by atoms with Gasteiger partial charge in [-0.25, -0.2) is 4.79 Å². The second-order valence-corrected chi connectivity index (χ2v) is 8.04. The Kier molecular flexibility index (Phi) is 4.79. The summed E-state index contributed by atoms with van der Waals surface area (Å²) in [5, 5.41) is 4.09. The number of nitrogens with zero attached hydrogens (tertiary/aromatic N) is 2. The van der Waals surface area contributed by atoms with E-state index in [2.05, 4.69) is 28.3 Å². The van der Waals surface area contributed by atoms with Gasteiger partial charge in [-0.3, -0.25) is 4.57 Å². The highest BCUT2D eigenvalue weighted by molar-refractivity contribution is 5.83. The van der Waals surface area contributed by atoms with Gasteiger partial charge in [0.15, 0.2) is 0 Å². The van der Waals surface area contributed by atoms with Crippen molar-refractivity contribution in [1.29, 1.82) is 0 Å². The number of benzene rings is 2. The second kappa shape index (κ2) is 7.61. The van der Waals surface area contributed by atoms with Crippen LogP contribution in [0.5, 0.6) is 0 Å². The van der Waals surface area contributed by atoms with Gasteiger partial charge in [-0.15, -0.1) is 0 Å². The van der Waals surface area contributed by atoms with E-state index in [9.17, 15) is 4.79 Å². The van der Waals surface area contributed by atoms with Crippen molar-refractivity contribution in [2.75, 3.05) is 13.2 Å². The molecule has 0 bridgehead atoms. The molecule has 0 saturated carbocycles. The first-order chi connectivity index (χ1) is 14.6. The largest absolute Gasteiger partial charge is 0.381 e. The van der Waals surface area contributed by atoms with Crippen LogP contribution in [0.25, 0.3) is 22.2 Å². The molecule has 6 heteroatoms. The minimum Gasteiger partial charge on any atom is -0.381 e. The van der Waals surface area contributed by atoms with Crippen molar-refractivity contribution in [2.45, 2.75) is 32.7 Å². The van der Waals surface area contributed by atoms with Crippen molar-refractivity contribution in [1.82, 2.24) is 14.7 Å². The van der Waals surface area contributed by atoms with Crippen molar-refractivity contribution in [3.8, 4) is 11.1 Å². The van der Waals surface area contributed by atoms with Crippen LogP contribution in [-0.4, -0.2) is 27.9 Å². The van der Waals surface area contributed by atoms with Gasteiger partial charge in [0.05, 0.1) is 22.8 Å². The molecular weight excluding hydrogens is 378 g/mol. The van der Waals surface area contributed by atoms with Crippen LogP contribution < -0.4 is 5.69 Å². The third-order valence-corrected chi connectivity index (χ3v) is 6.17. The van der Waals surface area contributed by atoms with Crippen LogP contribution in [-0.2, 0) is 4.74 Å². The van der Waals surface area contributed by atoms with Gasteiger partial charge in [-0.05, 0) is 55.9 Å². The van der Waals surface area contributed by atoms with Crippen LogP contribution in [0.2, 0.25) is 0 Å². The van der Waals surface area contributed by atoms with Crippen molar-refractivity contribution >= 4 is 11.0 Å². The van der Waals surface area contributed by atoms with Gasteiger partial charge in [0.1, 0.15) is 5.76 Å². The van der Waals surface area contributed by atoms with Crippen LogP contribution in [0, 0.1) is 19.8 Å². The summed E-state index contributed by atoms with van der Waals surface area (Å²) < 4.78 is 12.9. The monoisotopic (exact) mass is 403 g/mol. The van der Waals surface area contributed by atoms with Crippen molar-refractivity contribution < 1.29 is 9.26 Å². The maximum atomic E-state index is 13.2. The lowest BCUT2D eigenvalue weighted by molar-refractivity contribution is 0.0544. The SMILES string of the molecule is Cc1noc(C)c1-c1ccc2[nH]c(=O)n([C@H](c3ccccc3)C3CCOCC3)c2c1. The molecule has 0 spiro atoms. The molecule has 0 amide bonds. The molecule has 6 nitrogen and oxygen atoms in total. The van der Waals surface area contributed by atoms with Crippen LogP contribution in [0.15, 0.2) is 57.8 Å². The maximum absolute atomic E-state index is 13.2. The zero-order valence-corrected chi connectivity index (χ0v) is 17.2. The number of hydrogen-bond donors (Lipinski definition) is 1. The number of fused-ring (bicyclic) bond motifs is 1. The lowest BCUT2D eigenvalue weighted by atomic mass is 9.86. The number of nitrogens with one attached hydrogen (secondary N) is 1. The predicted octanol–water partition coefficient (Wildman–Crippen LogP) is 4.62. The molecule has 1 fully saturated rings. The Morgan fingerprint density at radius 1 is 1.10 bits per heavy atom. The summed E-state index contributed by atoms with van der Waals surface area (Å²) in [6.07, 6.45) is 1.87. The van der Waals surface area contributed by atoms with E-state index in [-0.39, 0.29) is 11.7 Å². The topological polar surface area (TPSA) is 73.0 Å². The molecule has 2 aromatic carbocycles. The zero-order valence-electron chi connectivity index (χ0n) is 17.2. The molecule has 1 atom stereocenters. The zero-order chi connectivity index (χ0) is 20.7. The van der Waals surface area contributed by atoms with Gasteiger partial charge in [-0.1, -0.05) is 41.6 Å². The molecule has 0 aliphatic carbocycles. The summed E-state index contributed by atoms with van der Waals surface area (Å²) in [7, 11) is 0. The Bertz CT molecular complexity index is 1210. The third kappa shape index (κ3) is 3.17. The summed E-state index contributed by atoms with van der Waals surface area (Å²) in [6.45, 7) is 5.32. The van der Waals surface area contributed by atoms with Crippen LogP contribution in [0.4, 0.5) is 0 Å². The molecule has 3 heterocycles. The second-order valence-electron chi connectivity index (χ2n) is 8.04. The van der Waals surface area contributed by atoms with Crippen molar-refractivity contribution in [3.63, 3.8) is 0 Å². The van der Waals surface area contributed by atoms with E-state index in [0.717, 1.165) is 65.2 Å². The summed E-state index contributed by atoms with van der Waals surface area (Å²) in [5.74, 6) is 1.11. The Morgan fingerprint density at radius 3 is 2.57 bits per heavy atom. The smallest absolute Gasteiger partial charge is 0.327 e. The molecule has 1 N–H and O–H groups in total. The fraction of sp³-hybridized carbons (Fsp3) is 0.333. The summed E-state index contributed by atoms with van der Waals surface area (Å²) in [6, 6.07) is 16.3. The fourth-order valence-corrected chi connectivity index (χ4v) is 4.76. The Balaban J connectivity index is 1.71. The van der Waals surface area contributed by atoms with Gasteiger partial charge in [0.25, 0.3) is 0 Å². The standard InChI is InChI=1S/C24H25N3O3/c1-15-22(16(2)30-26-15)19-8-9-20-21(14-19)27(24(28)25-20)23(17-6-4-3-5-7-17)18-10-12-29-13-11-18/h3-9,14,18,23H,10-13H2,1-2H3,(H,25,28)/t23-/m1/s1. The first-order valence-corrected chi connectivity index (χ1v) is 10.4. The van der Waals surface area contributed by atoms with E-state index in [1.54, 1.807) is 0 Å². The number of rotatable bonds is 4. The van der Waals surface area contributed by atoms with E-state index in [4.69, 9.17) is 9.26 Å². The molecule has 4 aromatic rings. The average Bonchev–Trinajstić information content (AvgIpc) is 3.28. The third-order valence-electron chi connectivity index (χ3n) is 6.17. The minimum atomic E-state index is -0.0822. The van der Waals surface area contributed by atoms with Gasteiger partial charge < -0.3 is 14.2 Å². The fourth-order valence-electron chi connectivity index (χ4n) is 4.76. The van der Waals surface area contributed by atoms with Gasteiger partial charge >= 0.3 is 5.69 Å². The molecule has 154 valence electrons. The van der Waals surface area contributed by atoms with E-state index in [0.29, 0.717) is 5.92 Å². The van der Waals surface area contributed by atoms with E-state index >= 15 is 0 Å². The molecule has 2 aromatic heterocycles. The Hall–Kier alpha value is -3.12. The number of H-pyrrole nitrogens is 1. The van der Waals surface area contributed by atoms with Crippen LogP contribution in [0.1, 0.15) is 35.9 Å². The first kappa shape index (κ1) is 18.9. The number of aromatic amines is 1. The molecule has 1 saturated heterocycles. The number of ether oxygens (including phenoxy) is 1. The van der Waals surface area contributed by atoms with Crippen molar-refractivity contribution in [2.24, 2.45) is 5.92 Å². The molecule has 0 radical (unpaired) electrons. The number of imidazole rings is 1.